The molecule has 0 aliphatic rings. The minimum absolute atomic E-state index is 0.128. The SMILES string of the molecule is O=C(O)c1cc2c(OS(=O)(=O)C(F)(F)F)cccc2cc1Cl. The van der Waals surface area contributed by atoms with Crippen LogP contribution in [0, 0.1) is 0 Å². The number of hydrogen-bond donors (Lipinski definition) is 1. The number of carbonyl (C=O) groups is 1. The smallest absolute Gasteiger partial charge is 0.478 e. The lowest BCUT2D eigenvalue weighted by molar-refractivity contribution is -0.0499. The molecule has 0 amide bonds. The van der Waals surface area contributed by atoms with Crippen LogP contribution in [0.5, 0.6) is 5.75 Å². The zero-order chi connectivity index (χ0) is 16.7. The molecule has 0 heterocycles. The number of hydrogen-bond acceptors (Lipinski definition) is 4. The van der Waals surface area contributed by atoms with E-state index < -0.39 is 32.9 Å². The van der Waals surface area contributed by atoms with Crippen molar-refractivity contribution in [3.05, 3.63) is 40.9 Å². The highest BCUT2D eigenvalue weighted by molar-refractivity contribution is 7.88. The molecule has 2 aromatic rings. The summed E-state index contributed by atoms with van der Waals surface area (Å²) in [7, 11) is -5.87. The molecule has 0 aliphatic heterocycles. The molecule has 0 unspecified atom stereocenters. The Morgan fingerprint density at radius 2 is 1.86 bits per heavy atom. The number of rotatable bonds is 3. The van der Waals surface area contributed by atoms with E-state index in [1.54, 1.807) is 0 Å². The van der Waals surface area contributed by atoms with Gasteiger partial charge in [-0.25, -0.2) is 4.79 Å². The van der Waals surface area contributed by atoms with Gasteiger partial charge in [-0.1, -0.05) is 23.7 Å². The molecule has 118 valence electrons. The number of benzene rings is 2. The molecule has 0 aromatic heterocycles. The van der Waals surface area contributed by atoms with E-state index in [4.69, 9.17) is 16.7 Å². The second kappa shape index (κ2) is 5.33. The van der Waals surface area contributed by atoms with Gasteiger partial charge in [-0.05, 0) is 23.6 Å². The number of carboxylic acids is 1. The fourth-order valence-corrected chi connectivity index (χ4v) is 2.40. The Hall–Kier alpha value is -2.00. The minimum Gasteiger partial charge on any atom is -0.478 e. The van der Waals surface area contributed by atoms with Crippen molar-refractivity contribution in [1.29, 1.82) is 0 Å². The molecule has 0 atom stereocenters. The summed E-state index contributed by atoms with van der Waals surface area (Å²) < 4.78 is 63.3. The largest absolute Gasteiger partial charge is 0.534 e. The van der Waals surface area contributed by atoms with Crippen LogP contribution < -0.4 is 4.18 Å². The predicted molar refractivity (Wildman–Crippen MR) is 71.5 cm³/mol. The Bertz CT molecular complexity index is 861. The average molecular weight is 355 g/mol. The van der Waals surface area contributed by atoms with Crippen LogP contribution in [0.2, 0.25) is 5.02 Å². The van der Waals surface area contributed by atoms with E-state index >= 15 is 0 Å². The Morgan fingerprint density at radius 1 is 1.23 bits per heavy atom. The van der Waals surface area contributed by atoms with Crippen LogP contribution >= 0.6 is 11.6 Å². The lowest BCUT2D eigenvalue weighted by Crippen LogP contribution is -2.28. The maximum atomic E-state index is 12.4. The molecular weight excluding hydrogens is 349 g/mol. The zero-order valence-corrected chi connectivity index (χ0v) is 12.0. The van der Waals surface area contributed by atoms with E-state index in [2.05, 4.69) is 4.18 Å². The highest BCUT2D eigenvalue weighted by Crippen LogP contribution is 2.34. The van der Waals surface area contributed by atoms with Gasteiger partial charge in [0.2, 0.25) is 0 Å². The quantitative estimate of drug-likeness (QED) is 0.674. The lowest BCUT2D eigenvalue weighted by atomic mass is 10.1. The van der Waals surface area contributed by atoms with E-state index in [1.807, 2.05) is 0 Å². The van der Waals surface area contributed by atoms with Crippen LogP contribution in [0.3, 0.4) is 0 Å². The van der Waals surface area contributed by atoms with Crippen molar-refractivity contribution < 1.29 is 35.7 Å². The van der Waals surface area contributed by atoms with Crippen LogP contribution in [0.25, 0.3) is 10.8 Å². The van der Waals surface area contributed by atoms with Gasteiger partial charge in [0.05, 0.1) is 10.6 Å². The zero-order valence-electron chi connectivity index (χ0n) is 10.4. The topological polar surface area (TPSA) is 80.7 Å². The Balaban J connectivity index is 2.65. The summed E-state index contributed by atoms with van der Waals surface area (Å²) >= 11 is 5.74. The number of aromatic carboxylic acids is 1. The fourth-order valence-electron chi connectivity index (χ4n) is 1.67. The number of carboxylic acid groups (broad SMARTS) is 1. The maximum absolute atomic E-state index is 12.4. The van der Waals surface area contributed by atoms with E-state index in [0.717, 1.165) is 12.1 Å². The summed E-state index contributed by atoms with van der Waals surface area (Å²) in [5.74, 6) is -2.06. The summed E-state index contributed by atoms with van der Waals surface area (Å²) in [6.07, 6.45) is 0. The van der Waals surface area contributed by atoms with Crippen LogP contribution in [0.15, 0.2) is 30.3 Å². The first-order valence-electron chi connectivity index (χ1n) is 5.49. The summed E-state index contributed by atoms with van der Waals surface area (Å²) in [5.41, 5.74) is -5.99. The molecule has 2 aromatic carbocycles. The monoisotopic (exact) mass is 354 g/mol. The number of fused-ring (bicyclic) bond motifs is 1. The van der Waals surface area contributed by atoms with Crippen molar-refractivity contribution in [1.82, 2.24) is 0 Å². The van der Waals surface area contributed by atoms with Gasteiger partial charge in [0.1, 0.15) is 0 Å². The van der Waals surface area contributed by atoms with E-state index in [9.17, 15) is 26.4 Å². The summed E-state index contributed by atoms with van der Waals surface area (Å²) in [5, 5.41) is 8.91. The van der Waals surface area contributed by atoms with E-state index in [-0.39, 0.29) is 15.8 Å². The molecule has 0 aliphatic carbocycles. The van der Waals surface area contributed by atoms with Crippen molar-refractivity contribution in [3.63, 3.8) is 0 Å². The van der Waals surface area contributed by atoms with E-state index in [1.165, 1.54) is 18.2 Å². The lowest BCUT2D eigenvalue weighted by Gasteiger charge is -2.12. The highest BCUT2D eigenvalue weighted by atomic mass is 35.5. The standard InChI is InChI=1S/C12H6ClF3O5S/c13-9-4-6-2-1-3-10(7(6)5-8(9)11(17)18)21-22(19,20)12(14,15)16/h1-5H,(H,17,18). The maximum Gasteiger partial charge on any atom is 0.534 e. The Labute approximate surface area is 127 Å². The molecule has 0 saturated heterocycles. The third-order valence-corrected chi connectivity index (χ3v) is 3.92. The van der Waals surface area contributed by atoms with Gasteiger partial charge in [-0.15, -0.1) is 0 Å². The van der Waals surface area contributed by atoms with Crippen molar-refractivity contribution in [2.24, 2.45) is 0 Å². The molecule has 2 rings (SSSR count). The first-order chi connectivity index (χ1) is 10.0. The van der Waals surface area contributed by atoms with Gasteiger partial charge in [-0.3, -0.25) is 0 Å². The second-order valence-corrected chi connectivity index (χ2v) is 6.04. The van der Waals surface area contributed by atoms with Gasteiger partial charge in [-0.2, -0.15) is 21.6 Å². The summed E-state index contributed by atoms with van der Waals surface area (Å²) in [4.78, 5) is 11.0. The molecule has 0 saturated carbocycles. The third kappa shape index (κ3) is 2.95. The Kier molecular flexibility index (Phi) is 3.96. The van der Waals surface area contributed by atoms with Crippen molar-refractivity contribution in [2.45, 2.75) is 5.51 Å². The second-order valence-electron chi connectivity index (χ2n) is 4.10. The Morgan fingerprint density at radius 3 is 2.41 bits per heavy atom. The molecule has 0 bridgehead atoms. The molecular formula is C12H6ClF3O5S. The van der Waals surface area contributed by atoms with Gasteiger partial charge in [0, 0.05) is 5.39 Å². The van der Waals surface area contributed by atoms with Crippen LogP contribution in [-0.4, -0.2) is 25.0 Å². The molecule has 0 fully saturated rings. The normalized spacial score (nSPS) is 12.4. The molecule has 22 heavy (non-hydrogen) atoms. The molecule has 10 heteroatoms. The van der Waals surface area contributed by atoms with Gasteiger partial charge in [0.15, 0.2) is 5.75 Å². The summed E-state index contributed by atoms with van der Waals surface area (Å²) in [6, 6.07) is 5.78. The first-order valence-corrected chi connectivity index (χ1v) is 7.28. The molecule has 5 nitrogen and oxygen atoms in total. The van der Waals surface area contributed by atoms with Gasteiger partial charge >= 0.3 is 21.6 Å². The first kappa shape index (κ1) is 16.4. The predicted octanol–water partition coefficient (Wildman–Crippen LogP) is 3.42. The van der Waals surface area contributed by atoms with Crippen molar-refractivity contribution >= 4 is 38.5 Å². The molecule has 0 radical (unpaired) electrons. The molecule has 0 spiro atoms. The summed E-state index contributed by atoms with van der Waals surface area (Å²) in [6.45, 7) is 0. The van der Waals surface area contributed by atoms with Crippen molar-refractivity contribution in [2.75, 3.05) is 0 Å². The van der Waals surface area contributed by atoms with E-state index in [0.29, 0.717) is 0 Å². The third-order valence-electron chi connectivity index (χ3n) is 2.64. The number of alkyl halides is 3. The number of halogens is 4. The molecule has 1 N–H and O–H groups in total. The van der Waals surface area contributed by atoms with Crippen LogP contribution in [0.4, 0.5) is 13.2 Å². The van der Waals surface area contributed by atoms with Gasteiger partial charge < -0.3 is 9.29 Å². The van der Waals surface area contributed by atoms with Crippen molar-refractivity contribution in [3.8, 4) is 5.75 Å². The van der Waals surface area contributed by atoms with Gasteiger partial charge in [0.25, 0.3) is 0 Å². The van der Waals surface area contributed by atoms with Crippen LogP contribution in [0.1, 0.15) is 10.4 Å². The highest BCUT2D eigenvalue weighted by Gasteiger charge is 2.48. The average Bonchev–Trinajstić information content (AvgIpc) is 2.36. The minimum atomic E-state index is -5.87. The fraction of sp³-hybridized carbons (Fsp3) is 0.0833. The van der Waals surface area contributed by atoms with Crippen LogP contribution in [-0.2, 0) is 10.1 Å².